The van der Waals surface area contributed by atoms with Crippen LogP contribution in [0.3, 0.4) is 0 Å². The molecule has 1 heterocycles. The third-order valence-corrected chi connectivity index (χ3v) is 3.56. The zero-order valence-electron chi connectivity index (χ0n) is 11.2. The Hall–Kier alpha value is -2.61. The van der Waals surface area contributed by atoms with Gasteiger partial charge in [-0.05, 0) is 35.9 Å². The monoisotopic (exact) mass is 278 g/mol. The topological polar surface area (TPSA) is 67.5 Å². The van der Waals surface area contributed by atoms with E-state index in [0.29, 0.717) is 16.8 Å². The highest BCUT2D eigenvalue weighted by molar-refractivity contribution is 5.76. The van der Waals surface area contributed by atoms with E-state index in [4.69, 9.17) is 5.26 Å². The van der Waals surface area contributed by atoms with Crippen molar-refractivity contribution < 1.29 is 10.2 Å². The van der Waals surface area contributed by atoms with Crippen molar-refractivity contribution in [3.05, 3.63) is 71.8 Å². The highest BCUT2D eigenvalue weighted by atomic mass is 16.3. The van der Waals surface area contributed by atoms with Crippen LogP contribution in [0.2, 0.25) is 0 Å². The quantitative estimate of drug-likeness (QED) is 0.882. The largest absolute Gasteiger partial charge is 0.370 e. The van der Waals surface area contributed by atoms with Gasteiger partial charge in [-0.1, -0.05) is 30.3 Å². The molecule has 1 aliphatic heterocycles. The number of hydrogen-bond donors (Lipinski definition) is 2. The van der Waals surface area contributed by atoms with Gasteiger partial charge in [0.15, 0.2) is 6.23 Å². The van der Waals surface area contributed by atoms with Crippen LogP contribution in [-0.2, 0) is 0 Å². The average Bonchev–Trinajstić information content (AvgIpc) is 2.83. The molecule has 0 bridgehead atoms. The first kappa shape index (κ1) is 13.4. The summed E-state index contributed by atoms with van der Waals surface area (Å²) in [4.78, 5) is 1.50. The van der Waals surface area contributed by atoms with Crippen LogP contribution in [0, 0.1) is 11.3 Å². The van der Waals surface area contributed by atoms with Gasteiger partial charge in [-0.15, -0.1) is 0 Å². The van der Waals surface area contributed by atoms with Crippen molar-refractivity contribution in [1.82, 2.24) is 0 Å². The van der Waals surface area contributed by atoms with Gasteiger partial charge in [0.1, 0.15) is 6.23 Å². The van der Waals surface area contributed by atoms with Crippen LogP contribution in [0.15, 0.2) is 60.7 Å². The van der Waals surface area contributed by atoms with Crippen molar-refractivity contribution in [2.75, 3.05) is 4.90 Å². The Bertz CT molecular complexity index is 702. The van der Waals surface area contributed by atoms with Gasteiger partial charge in [0, 0.05) is 11.3 Å². The molecule has 3 rings (SSSR count). The first-order valence-corrected chi connectivity index (χ1v) is 6.62. The molecule has 0 saturated heterocycles. The Morgan fingerprint density at radius 2 is 1.62 bits per heavy atom. The molecule has 0 saturated carbocycles. The number of nitrogens with zero attached hydrogens (tertiary/aromatic N) is 2. The molecule has 0 amide bonds. The van der Waals surface area contributed by atoms with Crippen LogP contribution in [-0.4, -0.2) is 22.7 Å². The predicted molar refractivity (Wildman–Crippen MR) is 80.1 cm³/mol. The normalized spacial score (nSPS) is 21.0. The molecule has 104 valence electrons. The third kappa shape index (κ3) is 2.40. The zero-order chi connectivity index (χ0) is 14.8. The van der Waals surface area contributed by atoms with E-state index in [0.717, 1.165) is 5.56 Å². The van der Waals surface area contributed by atoms with Gasteiger partial charge in [-0.25, -0.2) is 0 Å². The maximum absolute atomic E-state index is 10.5. The van der Waals surface area contributed by atoms with E-state index in [2.05, 4.69) is 0 Å². The van der Waals surface area contributed by atoms with E-state index >= 15 is 0 Å². The molecule has 4 nitrogen and oxygen atoms in total. The summed E-state index contributed by atoms with van der Waals surface area (Å²) in [6.45, 7) is 0. The van der Waals surface area contributed by atoms with Gasteiger partial charge in [0.2, 0.25) is 0 Å². The molecule has 0 fully saturated rings. The van der Waals surface area contributed by atoms with E-state index in [1.807, 2.05) is 36.4 Å². The number of aliphatic hydroxyl groups is 2. The summed E-state index contributed by atoms with van der Waals surface area (Å²) in [5.74, 6) is 0. The van der Waals surface area contributed by atoms with Crippen molar-refractivity contribution in [3.63, 3.8) is 0 Å². The molecular formula is C17H14N2O2. The van der Waals surface area contributed by atoms with Gasteiger partial charge >= 0.3 is 0 Å². The molecule has 1 aliphatic rings. The molecule has 2 N–H and O–H groups in total. The molecule has 2 atom stereocenters. The van der Waals surface area contributed by atoms with E-state index < -0.39 is 12.5 Å². The second-order valence-electron chi connectivity index (χ2n) is 4.84. The Labute approximate surface area is 122 Å². The van der Waals surface area contributed by atoms with Crippen molar-refractivity contribution >= 4 is 11.3 Å². The lowest BCUT2D eigenvalue weighted by Crippen LogP contribution is -2.37. The van der Waals surface area contributed by atoms with Crippen molar-refractivity contribution in [3.8, 4) is 6.07 Å². The van der Waals surface area contributed by atoms with Gasteiger partial charge in [0.25, 0.3) is 0 Å². The Morgan fingerprint density at radius 1 is 0.952 bits per heavy atom. The van der Waals surface area contributed by atoms with Crippen LogP contribution < -0.4 is 4.90 Å². The fraction of sp³-hybridized carbons (Fsp3) is 0.118. The summed E-state index contributed by atoms with van der Waals surface area (Å²) in [5, 5.41) is 29.5. The highest BCUT2D eigenvalue weighted by Crippen LogP contribution is 2.33. The number of rotatable bonds is 2. The maximum atomic E-state index is 10.5. The molecule has 21 heavy (non-hydrogen) atoms. The molecule has 0 aromatic heterocycles. The second-order valence-corrected chi connectivity index (χ2v) is 4.84. The fourth-order valence-corrected chi connectivity index (χ4v) is 2.50. The lowest BCUT2D eigenvalue weighted by atomic mass is 10.1. The minimum absolute atomic E-state index is 0.540. The lowest BCUT2D eigenvalue weighted by molar-refractivity contribution is 0.157. The molecule has 2 unspecified atom stereocenters. The first-order valence-electron chi connectivity index (χ1n) is 6.62. The Kier molecular flexibility index (Phi) is 3.44. The Balaban J connectivity index is 1.91. The van der Waals surface area contributed by atoms with Crippen LogP contribution in [0.4, 0.5) is 5.69 Å². The van der Waals surface area contributed by atoms with Crippen LogP contribution in [0.1, 0.15) is 11.1 Å². The standard InChI is InChI=1S/C17H14N2O2/c18-11-12-6-8-14(9-7-12)19-16(20)10-15(17(19)21)13-4-2-1-3-5-13/h1-10,16-17,20-21H. The summed E-state index contributed by atoms with van der Waals surface area (Å²) in [6, 6.07) is 18.3. The smallest absolute Gasteiger partial charge is 0.155 e. The van der Waals surface area contributed by atoms with Crippen molar-refractivity contribution in [1.29, 1.82) is 5.26 Å². The first-order chi connectivity index (χ1) is 10.2. The summed E-state index contributed by atoms with van der Waals surface area (Å²) in [7, 11) is 0. The van der Waals surface area contributed by atoms with Gasteiger partial charge in [0.05, 0.1) is 11.6 Å². The molecular weight excluding hydrogens is 264 g/mol. The number of nitriles is 1. The van der Waals surface area contributed by atoms with Gasteiger partial charge < -0.3 is 15.1 Å². The summed E-state index contributed by atoms with van der Waals surface area (Å²) >= 11 is 0. The van der Waals surface area contributed by atoms with E-state index in [1.54, 1.807) is 30.3 Å². The van der Waals surface area contributed by atoms with Crippen LogP contribution in [0.5, 0.6) is 0 Å². The molecule has 2 aromatic rings. The number of anilines is 1. The Morgan fingerprint density at radius 3 is 2.24 bits per heavy atom. The SMILES string of the molecule is N#Cc1ccc(N2C(O)C=C(c3ccccc3)C2O)cc1. The minimum atomic E-state index is -0.921. The van der Waals surface area contributed by atoms with E-state index in [1.165, 1.54) is 4.90 Å². The number of benzene rings is 2. The van der Waals surface area contributed by atoms with Crippen LogP contribution in [0.25, 0.3) is 5.57 Å². The lowest BCUT2D eigenvalue weighted by Gasteiger charge is -2.27. The maximum Gasteiger partial charge on any atom is 0.155 e. The molecule has 0 spiro atoms. The van der Waals surface area contributed by atoms with Gasteiger partial charge in [-0.2, -0.15) is 5.26 Å². The van der Waals surface area contributed by atoms with Crippen LogP contribution >= 0.6 is 0 Å². The zero-order valence-corrected chi connectivity index (χ0v) is 11.2. The fourth-order valence-electron chi connectivity index (χ4n) is 2.50. The van der Waals surface area contributed by atoms with Crippen molar-refractivity contribution in [2.45, 2.75) is 12.5 Å². The molecule has 2 aromatic carbocycles. The van der Waals surface area contributed by atoms with Gasteiger partial charge in [-0.3, -0.25) is 0 Å². The highest BCUT2D eigenvalue weighted by Gasteiger charge is 2.32. The minimum Gasteiger partial charge on any atom is -0.370 e. The number of hydrogen-bond acceptors (Lipinski definition) is 4. The summed E-state index contributed by atoms with van der Waals surface area (Å²) in [5.41, 5.74) is 2.75. The number of aliphatic hydroxyl groups excluding tert-OH is 2. The van der Waals surface area contributed by atoms with E-state index in [9.17, 15) is 10.2 Å². The molecule has 0 aliphatic carbocycles. The third-order valence-electron chi connectivity index (χ3n) is 3.56. The molecule has 4 heteroatoms. The average molecular weight is 278 g/mol. The van der Waals surface area contributed by atoms with Crippen molar-refractivity contribution in [2.24, 2.45) is 0 Å². The summed E-state index contributed by atoms with van der Waals surface area (Å²) in [6.07, 6.45) is -0.184. The predicted octanol–water partition coefficient (Wildman–Crippen LogP) is 2.10. The van der Waals surface area contributed by atoms with E-state index in [-0.39, 0.29) is 0 Å². The molecule has 0 radical (unpaired) electrons. The summed E-state index contributed by atoms with van der Waals surface area (Å²) < 4.78 is 0. The second kappa shape index (κ2) is 5.41.